The Balaban J connectivity index is 2.35. The van der Waals surface area contributed by atoms with Crippen molar-refractivity contribution in [2.45, 2.75) is 44.1 Å². The Morgan fingerprint density at radius 2 is 1.82 bits per heavy atom. The Bertz CT molecular complexity index is 265. The summed E-state index contributed by atoms with van der Waals surface area (Å²) in [6.45, 7) is -1.31. The molecule has 0 bridgehead atoms. The second-order valence-corrected chi connectivity index (χ2v) is 4.39. The van der Waals surface area contributed by atoms with Gasteiger partial charge in [0.1, 0.15) is 0 Å². The molecule has 0 aromatic heterocycles. The summed E-state index contributed by atoms with van der Waals surface area (Å²) < 4.78 is 48.8. The Kier molecular flexibility index (Phi) is 4.73. The molecule has 0 heterocycles. The minimum atomic E-state index is -4.17. The molecule has 0 radical (unpaired) electrons. The van der Waals surface area contributed by atoms with E-state index < -0.39 is 24.8 Å². The van der Waals surface area contributed by atoms with Crippen LogP contribution in [0.2, 0.25) is 0 Å². The molecule has 1 saturated carbocycles. The van der Waals surface area contributed by atoms with Crippen molar-refractivity contribution in [2.75, 3.05) is 6.54 Å². The predicted octanol–water partition coefficient (Wildman–Crippen LogP) is 1.52. The maximum atomic E-state index is 12.6. The van der Waals surface area contributed by atoms with Crippen molar-refractivity contribution in [1.82, 2.24) is 5.32 Å². The normalized spacial score (nSPS) is 26.0. The summed E-state index contributed by atoms with van der Waals surface area (Å²) in [5.41, 5.74) is 5.63. The highest BCUT2D eigenvalue weighted by atomic mass is 19.3. The van der Waals surface area contributed by atoms with Gasteiger partial charge in [-0.3, -0.25) is 4.79 Å². The lowest BCUT2D eigenvalue weighted by Gasteiger charge is -2.26. The molecule has 0 aromatic rings. The van der Waals surface area contributed by atoms with E-state index >= 15 is 0 Å². The molecule has 3 nitrogen and oxygen atoms in total. The van der Waals surface area contributed by atoms with Gasteiger partial charge in [-0.15, -0.1) is 0 Å². The highest BCUT2D eigenvalue weighted by Crippen LogP contribution is 2.25. The van der Waals surface area contributed by atoms with Crippen LogP contribution in [0.3, 0.4) is 0 Å². The first-order valence-electron chi connectivity index (χ1n) is 5.52. The molecule has 7 heteroatoms. The van der Waals surface area contributed by atoms with Crippen LogP contribution < -0.4 is 11.1 Å². The SMILES string of the molecule is NC1CCC(C(=O)NCC(F)(F)C(F)F)CC1. The van der Waals surface area contributed by atoms with Crippen LogP contribution in [0.15, 0.2) is 0 Å². The summed E-state index contributed by atoms with van der Waals surface area (Å²) in [5.74, 6) is -5.14. The van der Waals surface area contributed by atoms with Crippen molar-refractivity contribution >= 4 is 5.91 Å². The number of halogens is 4. The molecule has 1 aliphatic rings. The van der Waals surface area contributed by atoms with Gasteiger partial charge < -0.3 is 11.1 Å². The zero-order chi connectivity index (χ0) is 13.1. The summed E-state index contributed by atoms with van der Waals surface area (Å²) in [5, 5.41) is 1.88. The summed E-state index contributed by atoms with van der Waals surface area (Å²) in [6.07, 6.45) is -1.41. The van der Waals surface area contributed by atoms with E-state index in [0.29, 0.717) is 25.7 Å². The summed E-state index contributed by atoms with van der Waals surface area (Å²) in [6, 6.07) is 0.0431. The zero-order valence-corrected chi connectivity index (χ0v) is 9.27. The molecule has 0 spiro atoms. The number of carbonyl (C=O) groups excluding carboxylic acids is 1. The van der Waals surface area contributed by atoms with Crippen molar-refractivity contribution in [1.29, 1.82) is 0 Å². The van der Waals surface area contributed by atoms with Crippen LogP contribution in [0, 0.1) is 5.92 Å². The van der Waals surface area contributed by atoms with Crippen LogP contribution in [0.5, 0.6) is 0 Å². The molecule has 1 aliphatic carbocycles. The average Bonchev–Trinajstić information content (AvgIpc) is 2.27. The largest absolute Gasteiger partial charge is 0.350 e. The lowest BCUT2D eigenvalue weighted by Crippen LogP contribution is -2.44. The van der Waals surface area contributed by atoms with E-state index in [4.69, 9.17) is 5.73 Å². The molecule has 0 saturated heterocycles. The molecule has 3 N–H and O–H groups in total. The fourth-order valence-electron chi connectivity index (χ4n) is 1.81. The lowest BCUT2D eigenvalue weighted by atomic mass is 9.86. The van der Waals surface area contributed by atoms with Crippen molar-refractivity contribution in [3.63, 3.8) is 0 Å². The number of nitrogens with two attached hydrogens (primary N) is 1. The number of carbonyl (C=O) groups is 1. The Morgan fingerprint density at radius 3 is 2.29 bits per heavy atom. The van der Waals surface area contributed by atoms with E-state index in [0.717, 1.165) is 0 Å². The second-order valence-electron chi connectivity index (χ2n) is 4.39. The van der Waals surface area contributed by atoms with Crippen LogP contribution in [0.25, 0.3) is 0 Å². The van der Waals surface area contributed by atoms with Gasteiger partial charge in [0, 0.05) is 12.0 Å². The van der Waals surface area contributed by atoms with Gasteiger partial charge in [-0.05, 0) is 25.7 Å². The molecule has 1 rings (SSSR count). The summed E-state index contributed by atoms with van der Waals surface area (Å²) in [4.78, 5) is 11.4. The molecule has 100 valence electrons. The number of hydrogen-bond acceptors (Lipinski definition) is 2. The zero-order valence-electron chi connectivity index (χ0n) is 9.27. The molecule has 0 atom stereocenters. The van der Waals surface area contributed by atoms with Gasteiger partial charge in [-0.1, -0.05) is 0 Å². The second kappa shape index (κ2) is 5.66. The molecular weight excluding hydrogens is 240 g/mol. The summed E-state index contributed by atoms with van der Waals surface area (Å²) >= 11 is 0. The minimum Gasteiger partial charge on any atom is -0.350 e. The van der Waals surface area contributed by atoms with Gasteiger partial charge in [-0.2, -0.15) is 8.78 Å². The number of rotatable bonds is 4. The predicted molar refractivity (Wildman–Crippen MR) is 53.9 cm³/mol. The number of amides is 1. The lowest BCUT2D eigenvalue weighted by molar-refractivity contribution is -0.139. The summed E-state index contributed by atoms with van der Waals surface area (Å²) in [7, 11) is 0. The van der Waals surface area contributed by atoms with E-state index in [1.807, 2.05) is 5.32 Å². The fourth-order valence-corrected chi connectivity index (χ4v) is 1.81. The first-order valence-corrected chi connectivity index (χ1v) is 5.52. The Labute approximate surface area is 96.7 Å². The standard InChI is InChI=1S/C10H16F4N2O/c11-9(12)10(13,14)5-16-8(17)6-1-3-7(15)4-2-6/h6-7,9H,1-5,15H2,(H,16,17). The van der Waals surface area contributed by atoms with Crippen molar-refractivity contribution in [2.24, 2.45) is 11.7 Å². The number of alkyl halides is 4. The van der Waals surface area contributed by atoms with Gasteiger partial charge >= 0.3 is 12.3 Å². The van der Waals surface area contributed by atoms with Crippen LogP contribution in [-0.4, -0.2) is 30.8 Å². The van der Waals surface area contributed by atoms with Crippen LogP contribution in [0.1, 0.15) is 25.7 Å². The third-order valence-corrected chi connectivity index (χ3v) is 2.96. The third-order valence-electron chi connectivity index (χ3n) is 2.96. The molecular formula is C10H16F4N2O. The van der Waals surface area contributed by atoms with Gasteiger partial charge in [-0.25, -0.2) is 8.78 Å². The smallest absolute Gasteiger partial charge is 0.324 e. The van der Waals surface area contributed by atoms with Gasteiger partial charge in [0.05, 0.1) is 6.54 Å². The van der Waals surface area contributed by atoms with Gasteiger partial charge in [0.2, 0.25) is 5.91 Å². The molecule has 1 fully saturated rings. The van der Waals surface area contributed by atoms with Gasteiger partial charge in [0.15, 0.2) is 0 Å². The molecule has 17 heavy (non-hydrogen) atoms. The average molecular weight is 256 g/mol. The first-order chi connectivity index (χ1) is 7.83. The van der Waals surface area contributed by atoms with E-state index in [1.54, 1.807) is 0 Å². The van der Waals surface area contributed by atoms with Crippen molar-refractivity contribution in [3.8, 4) is 0 Å². The van der Waals surface area contributed by atoms with Gasteiger partial charge in [0.25, 0.3) is 0 Å². The van der Waals surface area contributed by atoms with E-state index in [1.165, 1.54) is 0 Å². The fraction of sp³-hybridized carbons (Fsp3) is 0.900. The van der Waals surface area contributed by atoms with E-state index in [9.17, 15) is 22.4 Å². The first kappa shape index (κ1) is 14.2. The number of nitrogens with one attached hydrogen (secondary N) is 1. The molecule has 0 aliphatic heterocycles. The quantitative estimate of drug-likeness (QED) is 0.749. The van der Waals surface area contributed by atoms with Crippen LogP contribution >= 0.6 is 0 Å². The molecule has 0 aromatic carbocycles. The molecule has 1 amide bonds. The topological polar surface area (TPSA) is 55.1 Å². The maximum Gasteiger partial charge on any atom is 0.324 e. The van der Waals surface area contributed by atoms with Crippen LogP contribution in [0.4, 0.5) is 17.6 Å². The van der Waals surface area contributed by atoms with Crippen molar-refractivity contribution < 1.29 is 22.4 Å². The monoisotopic (exact) mass is 256 g/mol. The Morgan fingerprint density at radius 1 is 1.29 bits per heavy atom. The Hall–Kier alpha value is -0.850. The third kappa shape index (κ3) is 4.14. The number of hydrogen-bond donors (Lipinski definition) is 2. The van der Waals surface area contributed by atoms with E-state index in [-0.39, 0.29) is 12.0 Å². The highest BCUT2D eigenvalue weighted by molar-refractivity contribution is 5.78. The molecule has 0 unspecified atom stereocenters. The van der Waals surface area contributed by atoms with Crippen LogP contribution in [-0.2, 0) is 4.79 Å². The maximum absolute atomic E-state index is 12.6. The van der Waals surface area contributed by atoms with Crippen molar-refractivity contribution in [3.05, 3.63) is 0 Å². The van der Waals surface area contributed by atoms with E-state index in [2.05, 4.69) is 0 Å². The highest BCUT2D eigenvalue weighted by Gasteiger charge is 2.41. The minimum absolute atomic E-state index is 0.0431.